The third-order valence-electron chi connectivity index (χ3n) is 4.32. The van der Waals surface area contributed by atoms with Crippen molar-refractivity contribution < 1.29 is 12.8 Å². The molecule has 2 N–H and O–H groups in total. The van der Waals surface area contributed by atoms with E-state index in [0.29, 0.717) is 19.0 Å². The molecule has 1 aliphatic rings. The zero-order valence-corrected chi connectivity index (χ0v) is 13.4. The van der Waals surface area contributed by atoms with Gasteiger partial charge in [-0.1, -0.05) is 13.3 Å². The molecule has 1 heterocycles. The highest BCUT2D eigenvalue weighted by Crippen LogP contribution is 2.28. The maximum absolute atomic E-state index is 13.8. The second kappa shape index (κ2) is 6.32. The van der Waals surface area contributed by atoms with Crippen molar-refractivity contribution in [2.45, 2.75) is 44.4 Å². The number of sulfonamides is 1. The van der Waals surface area contributed by atoms with E-state index in [4.69, 9.17) is 5.73 Å². The molecule has 1 unspecified atom stereocenters. The SMILES string of the molecule is CCC1CCCN(S(=O)(=O)c2cc(N)cc(F)c2C)CC1. The normalized spacial score (nSPS) is 21.2. The van der Waals surface area contributed by atoms with Gasteiger partial charge in [0.15, 0.2) is 0 Å². The quantitative estimate of drug-likeness (QED) is 0.873. The standard InChI is InChI=1S/C15H23FN2O2S/c1-3-12-5-4-7-18(8-6-12)21(19,20)15-10-13(17)9-14(16)11(15)2/h9-10,12H,3-8,17H2,1-2H3. The van der Waals surface area contributed by atoms with Crippen LogP contribution in [0, 0.1) is 18.7 Å². The van der Waals surface area contributed by atoms with Gasteiger partial charge in [0, 0.05) is 24.3 Å². The summed E-state index contributed by atoms with van der Waals surface area (Å²) in [4.78, 5) is -0.00468. The minimum atomic E-state index is -3.68. The number of hydrogen-bond acceptors (Lipinski definition) is 3. The second-order valence-electron chi connectivity index (χ2n) is 5.74. The van der Waals surface area contributed by atoms with Crippen molar-refractivity contribution in [3.05, 3.63) is 23.5 Å². The smallest absolute Gasteiger partial charge is 0.243 e. The van der Waals surface area contributed by atoms with E-state index in [1.54, 1.807) is 0 Å². The lowest BCUT2D eigenvalue weighted by atomic mass is 9.98. The molecule has 0 aromatic heterocycles. The molecule has 1 atom stereocenters. The van der Waals surface area contributed by atoms with Crippen molar-refractivity contribution in [3.8, 4) is 0 Å². The fraction of sp³-hybridized carbons (Fsp3) is 0.600. The Bertz CT molecular complexity index is 616. The van der Waals surface area contributed by atoms with Crippen molar-refractivity contribution >= 4 is 15.7 Å². The summed E-state index contributed by atoms with van der Waals surface area (Å²) in [6, 6.07) is 2.51. The van der Waals surface area contributed by atoms with Crippen LogP contribution < -0.4 is 5.73 Å². The van der Waals surface area contributed by atoms with Gasteiger partial charge in [-0.15, -0.1) is 0 Å². The van der Waals surface area contributed by atoms with Crippen LogP contribution in [0.15, 0.2) is 17.0 Å². The van der Waals surface area contributed by atoms with Crippen LogP contribution in [-0.4, -0.2) is 25.8 Å². The van der Waals surface area contributed by atoms with Crippen molar-refractivity contribution in [3.63, 3.8) is 0 Å². The van der Waals surface area contributed by atoms with E-state index in [9.17, 15) is 12.8 Å². The lowest BCUT2D eigenvalue weighted by Crippen LogP contribution is -2.32. The number of benzene rings is 1. The summed E-state index contributed by atoms with van der Waals surface area (Å²) < 4.78 is 40.8. The van der Waals surface area contributed by atoms with Gasteiger partial charge in [-0.3, -0.25) is 0 Å². The molecular weight excluding hydrogens is 291 g/mol. The van der Waals surface area contributed by atoms with E-state index < -0.39 is 15.8 Å². The Morgan fingerprint density at radius 2 is 2.05 bits per heavy atom. The van der Waals surface area contributed by atoms with E-state index >= 15 is 0 Å². The van der Waals surface area contributed by atoms with Crippen molar-refractivity contribution in [2.75, 3.05) is 18.8 Å². The minimum absolute atomic E-state index is 0.00468. The summed E-state index contributed by atoms with van der Waals surface area (Å²) in [5, 5.41) is 0. The number of halogens is 1. The highest BCUT2D eigenvalue weighted by atomic mass is 32.2. The molecule has 1 aromatic rings. The summed E-state index contributed by atoms with van der Waals surface area (Å²) in [5.41, 5.74) is 5.88. The van der Waals surface area contributed by atoms with Gasteiger partial charge in [-0.2, -0.15) is 4.31 Å². The Morgan fingerprint density at radius 1 is 1.33 bits per heavy atom. The summed E-state index contributed by atoms with van der Waals surface area (Å²) in [7, 11) is -3.68. The largest absolute Gasteiger partial charge is 0.399 e. The molecule has 1 aromatic carbocycles. The molecule has 0 spiro atoms. The van der Waals surface area contributed by atoms with Gasteiger partial charge in [-0.25, -0.2) is 12.8 Å². The molecule has 6 heteroatoms. The van der Waals surface area contributed by atoms with E-state index in [1.807, 2.05) is 0 Å². The fourth-order valence-electron chi connectivity index (χ4n) is 2.87. The molecule has 1 aliphatic heterocycles. The lowest BCUT2D eigenvalue weighted by Gasteiger charge is -2.21. The third kappa shape index (κ3) is 3.37. The predicted octanol–water partition coefficient (Wildman–Crippen LogP) is 2.92. The summed E-state index contributed by atoms with van der Waals surface area (Å²) in [6.07, 6.45) is 3.83. The van der Waals surface area contributed by atoms with Crippen LogP contribution in [-0.2, 0) is 10.0 Å². The molecule has 0 aliphatic carbocycles. The first-order valence-electron chi connectivity index (χ1n) is 7.42. The van der Waals surface area contributed by atoms with Crippen LogP contribution in [0.5, 0.6) is 0 Å². The molecule has 118 valence electrons. The number of nitrogens with two attached hydrogens (primary N) is 1. The highest BCUT2D eigenvalue weighted by Gasteiger charge is 2.29. The van der Waals surface area contributed by atoms with E-state index in [2.05, 4.69) is 6.92 Å². The number of rotatable bonds is 3. The van der Waals surface area contributed by atoms with Crippen LogP contribution in [0.3, 0.4) is 0 Å². The van der Waals surface area contributed by atoms with Crippen LogP contribution in [0.4, 0.5) is 10.1 Å². The molecule has 0 saturated carbocycles. The number of anilines is 1. The highest BCUT2D eigenvalue weighted by molar-refractivity contribution is 7.89. The van der Waals surface area contributed by atoms with Crippen molar-refractivity contribution in [1.29, 1.82) is 0 Å². The number of hydrogen-bond donors (Lipinski definition) is 1. The molecule has 21 heavy (non-hydrogen) atoms. The first kappa shape index (κ1) is 16.2. The average Bonchev–Trinajstić information content (AvgIpc) is 2.68. The number of nitrogens with zero attached hydrogens (tertiary/aromatic N) is 1. The van der Waals surface area contributed by atoms with Gasteiger partial charge in [-0.05, 0) is 44.2 Å². The lowest BCUT2D eigenvalue weighted by molar-refractivity contribution is 0.407. The first-order chi connectivity index (χ1) is 9.86. The predicted molar refractivity (Wildman–Crippen MR) is 81.9 cm³/mol. The molecule has 0 bridgehead atoms. The molecule has 4 nitrogen and oxygen atoms in total. The van der Waals surface area contributed by atoms with Crippen LogP contribution in [0.1, 0.15) is 38.2 Å². The topological polar surface area (TPSA) is 63.4 Å². The van der Waals surface area contributed by atoms with Crippen molar-refractivity contribution in [1.82, 2.24) is 4.31 Å². The molecule has 2 rings (SSSR count). The van der Waals surface area contributed by atoms with Crippen LogP contribution in [0.25, 0.3) is 0 Å². The van der Waals surface area contributed by atoms with Crippen LogP contribution >= 0.6 is 0 Å². The molecule has 1 fully saturated rings. The molecule has 1 saturated heterocycles. The molecule has 0 amide bonds. The van der Waals surface area contributed by atoms with E-state index in [-0.39, 0.29) is 16.1 Å². The molecular formula is C15H23FN2O2S. The van der Waals surface area contributed by atoms with Gasteiger partial charge in [0.1, 0.15) is 5.82 Å². The molecule has 0 radical (unpaired) electrons. The summed E-state index contributed by atoms with van der Waals surface area (Å²) in [5.74, 6) is -0.00120. The van der Waals surface area contributed by atoms with Gasteiger partial charge in [0.05, 0.1) is 4.90 Å². The monoisotopic (exact) mass is 314 g/mol. The Morgan fingerprint density at radius 3 is 2.71 bits per heavy atom. The minimum Gasteiger partial charge on any atom is -0.399 e. The number of nitrogen functional groups attached to an aromatic ring is 1. The van der Waals surface area contributed by atoms with E-state index in [1.165, 1.54) is 17.3 Å². The summed E-state index contributed by atoms with van der Waals surface area (Å²) in [6.45, 7) is 4.60. The maximum Gasteiger partial charge on any atom is 0.243 e. The Labute approximate surface area is 126 Å². The maximum atomic E-state index is 13.8. The third-order valence-corrected chi connectivity index (χ3v) is 6.35. The Balaban J connectivity index is 2.34. The van der Waals surface area contributed by atoms with Crippen LogP contribution in [0.2, 0.25) is 0 Å². The zero-order chi connectivity index (χ0) is 15.6. The zero-order valence-electron chi connectivity index (χ0n) is 12.6. The Kier molecular flexibility index (Phi) is 4.88. The van der Waals surface area contributed by atoms with Gasteiger partial charge in [0.25, 0.3) is 0 Å². The first-order valence-corrected chi connectivity index (χ1v) is 8.86. The van der Waals surface area contributed by atoms with Gasteiger partial charge in [0.2, 0.25) is 10.0 Å². The second-order valence-corrected chi connectivity index (χ2v) is 7.64. The Hall–Kier alpha value is -1.14. The van der Waals surface area contributed by atoms with Crippen molar-refractivity contribution in [2.24, 2.45) is 5.92 Å². The average molecular weight is 314 g/mol. The van der Waals surface area contributed by atoms with Gasteiger partial charge >= 0.3 is 0 Å². The fourth-order valence-corrected chi connectivity index (χ4v) is 4.63. The van der Waals surface area contributed by atoms with E-state index in [0.717, 1.165) is 31.7 Å². The summed E-state index contributed by atoms with van der Waals surface area (Å²) >= 11 is 0. The van der Waals surface area contributed by atoms with Gasteiger partial charge < -0.3 is 5.73 Å².